The number of amides is 1. The topological polar surface area (TPSA) is 46.2 Å². The summed E-state index contributed by atoms with van der Waals surface area (Å²) < 4.78 is 12.1. The van der Waals surface area contributed by atoms with Crippen molar-refractivity contribution in [2.24, 2.45) is 5.92 Å². The van der Waals surface area contributed by atoms with Crippen LogP contribution < -0.4 is 5.32 Å². The fourth-order valence-corrected chi connectivity index (χ4v) is 3.76. The lowest BCUT2D eigenvalue weighted by molar-refractivity contribution is -0.118. The molecular formula is C15H20ClNO2S. The molecule has 1 aromatic rings. The molecule has 0 aliphatic heterocycles. The molecule has 1 aromatic carbocycles. The van der Waals surface area contributed by atoms with Crippen LogP contribution in [0.1, 0.15) is 32.1 Å². The van der Waals surface area contributed by atoms with Crippen molar-refractivity contribution in [1.29, 1.82) is 0 Å². The lowest BCUT2D eigenvalue weighted by Gasteiger charge is -2.21. The minimum Gasteiger partial charge on any atom is -0.355 e. The highest BCUT2D eigenvalue weighted by molar-refractivity contribution is 7.85. The number of benzene rings is 1. The zero-order valence-corrected chi connectivity index (χ0v) is 13.0. The summed E-state index contributed by atoms with van der Waals surface area (Å²) in [5, 5.41) is 3.44. The summed E-state index contributed by atoms with van der Waals surface area (Å²) in [6.07, 6.45) is 6.21. The summed E-state index contributed by atoms with van der Waals surface area (Å²) in [5.41, 5.74) is 0. The Bertz CT molecular complexity index is 487. The zero-order chi connectivity index (χ0) is 14.4. The highest BCUT2D eigenvalue weighted by Gasteiger charge is 2.15. The van der Waals surface area contributed by atoms with Crippen molar-refractivity contribution in [3.05, 3.63) is 29.3 Å². The van der Waals surface area contributed by atoms with Gasteiger partial charge in [-0.1, -0.05) is 36.9 Å². The molecule has 0 spiro atoms. The number of halogens is 1. The van der Waals surface area contributed by atoms with Crippen LogP contribution in [0.4, 0.5) is 0 Å². The summed E-state index contributed by atoms with van der Waals surface area (Å²) in [6, 6.07) is 6.85. The molecule has 5 heteroatoms. The number of hydrogen-bond donors (Lipinski definition) is 1. The summed E-state index contributed by atoms with van der Waals surface area (Å²) in [4.78, 5) is 12.4. The summed E-state index contributed by atoms with van der Waals surface area (Å²) in [7, 11) is -1.33. The Labute approximate surface area is 127 Å². The van der Waals surface area contributed by atoms with Crippen LogP contribution in [-0.4, -0.2) is 22.4 Å². The predicted molar refractivity (Wildman–Crippen MR) is 82.3 cm³/mol. The number of rotatable bonds is 5. The maximum atomic E-state index is 12.1. The van der Waals surface area contributed by atoms with Crippen molar-refractivity contribution in [3.63, 3.8) is 0 Å². The van der Waals surface area contributed by atoms with Crippen molar-refractivity contribution >= 4 is 28.3 Å². The number of nitrogens with one attached hydrogen (secondary N) is 1. The van der Waals surface area contributed by atoms with Gasteiger partial charge in [0.15, 0.2) is 0 Å². The summed E-state index contributed by atoms with van der Waals surface area (Å²) in [5.74, 6) is 0.453. The maximum Gasteiger partial charge on any atom is 0.233 e. The molecule has 1 fully saturated rings. The molecule has 1 atom stereocenters. The molecule has 2 rings (SSSR count). The summed E-state index contributed by atoms with van der Waals surface area (Å²) in [6.45, 7) is 0.714. The van der Waals surface area contributed by atoms with Crippen molar-refractivity contribution in [1.82, 2.24) is 5.32 Å². The molecule has 110 valence electrons. The molecular weight excluding hydrogens is 294 g/mol. The van der Waals surface area contributed by atoms with Crippen LogP contribution in [-0.2, 0) is 15.6 Å². The normalized spacial score (nSPS) is 17.6. The van der Waals surface area contributed by atoms with E-state index in [9.17, 15) is 9.00 Å². The van der Waals surface area contributed by atoms with Gasteiger partial charge in [-0.3, -0.25) is 9.00 Å². The Kier molecular flexibility index (Phi) is 6.05. The second-order valence-corrected chi connectivity index (χ2v) is 7.14. The monoisotopic (exact) mass is 313 g/mol. The van der Waals surface area contributed by atoms with Gasteiger partial charge in [-0.05, 0) is 37.0 Å². The van der Waals surface area contributed by atoms with Crippen molar-refractivity contribution in [3.8, 4) is 0 Å². The quantitative estimate of drug-likeness (QED) is 0.907. The fraction of sp³-hybridized carbons (Fsp3) is 0.533. The smallest absolute Gasteiger partial charge is 0.233 e. The first-order chi connectivity index (χ1) is 9.65. The van der Waals surface area contributed by atoms with Crippen LogP contribution in [0.25, 0.3) is 0 Å². The molecule has 1 amide bonds. The van der Waals surface area contributed by atoms with E-state index in [0.717, 1.165) is 0 Å². The first-order valence-corrected chi connectivity index (χ1v) is 8.75. The van der Waals surface area contributed by atoms with Gasteiger partial charge in [-0.25, -0.2) is 0 Å². The highest BCUT2D eigenvalue weighted by atomic mass is 35.5. The maximum absolute atomic E-state index is 12.1. The van der Waals surface area contributed by atoms with Crippen LogP contribution >= 0.6 is 11.6 Å². The second kappa shape index (κ2) is 7.79. The first kappa shape index (κ1) is 15.5. The van der Waals surface area contributed by atoms with Gasteiger partial charge in [0.25, 0.3) is 0 Å². The van der Waals surface area contributed by atoms with E-state index in [4.69, 9.17) is 11.6 Å². The molecule has 20 heavy (non-hydrogen) atoms. The molecule has 1 N–H and O–H groups in total. The molecule has 1 aliphatic carbocycles. The average Bonchev–Trinajstić information content (AvgIpc) is 2.46. The van der Waals surface area contributed by atoms with Crippen LogP contribution in [0.3, 0.4) is 0 Å². The van der Waals surface area contributed by atoms with E-state index in [1.165, 1.54) is 32.1 Å². The molecule has 1 saturated carbocycles. The fourth-order valence-electron chi connectivity index (χ4n) is 2.51. The third kappa shape index (κ3) is 4.91. The SMILES string of the molecule is O=C(CS(=O)c1cccc(Cl)c1)NCC1CCCCC1. The van der Waals surface area contributed by atoms with Crippen LogP contribution in [0.5, 0.6) is 0 Å². The summed E-state index contributed by atoms with van der Waals surface area (Å²) >= 11 is 5.85. The highest BCUT2D eigenvalue weighted by Crippen LogP contribution is 2.22. The number of carbonyl (C=O) groups is 1. The minimum atomic E-state index is -1.33. The van der Waals surface area contributed by atoms with Crippen LogP contribution in [0.2, 0.25) is 5.02 Å². The Morgan fingerprint density at radius 2 is 2.05 bits per heavy atom. The van der Waals surface area contributed by atoms with Crippen molar-refractivity contribution < 1.29 is 9.00 Å². The lowest BCUT2D eigenvalue weighted by Crippen LogP contribution is -2.33. The second-order valence-electron chi connectivity index (χ2n) is 5.26. The van der Waals surface area contributed by atoms with E-state index in [-0.39, 0.29) is 11.7 Å². The molecule has 0 saturated heterocycles. The average molecular weight is 314 g/mol. The predicted octanol–water partition coefficient (Wildman–Crippen LogP) is 3.14. The van der Waals surface area contributed by atoms with Gasteiger partial charge in [0.2, 0.25) is 5.91 Å². The molecule has 1 unspecified atom stereocenters. The van der Waals surface area contributed by atoms with Crippen LogP contribution in [0, 0.1) is 5.92 Å². The molecule has 0 radical (unpaired) electrons. The Morgan fingerprint density at radius 1 is 1.30 bits per heavy atom. The van der Waals surface area contributed by atoms with E-state index in [1.807, 2.05) is 0 Å². The zero-order valence-electron chi connectivity index (χ0n) is 11.4. The Balaban J connectivity index is 1.77. The molecule has 0 aromatic heterocycles. The van der Waals surface area contributed by atoms with Gasteiger partial charge >= 0.3 is 0 Å². The molecule has 1 aliphatic rings. The van der Waals surface area contributed by atoms with Gasteiger partial charge in [-0.15, -0.1) is 0 Å². The third-order valence-electron chi connectivity index (χ3n) is 3.63. The van der Waals surface area contributed by atoms with E-state index in [0.29, 0.717) is 22.4 Å². The molecule has 3 nitrogen and oxygen atoms in total. The van der Waals surface area contributed by atoms with E-state index in [1.54, 1.807) is 24.3 Å². The van der Waals surface area contributed by atoms with E-state index < -0.39 is 10.8 Å². The van der Waals surface area contributed by atoms with Gasteiger partial charge in [0, 0.05) is 16.5 Å². The van der Waals surface area contributed by atoms with Crippen LogP contribution in [0.15, 0.2) is 29.2 Å². The number of hydrogen-bond acceptors (Lipinski definition) is 2. The van der Waals surface area contributed by atoms with E-state index >= 15 is 0 Å². The Morgan fingerprint density at radius 3 is 2.75 bits per heavy atom. The lowest BCUT2D eigenvalue weighted by atomic mass is 9.89. The largest absolute Gasteiger partial charge is 0.355 e. The molecule has 0 bridgehead atoms. The van der Waals surface area contributed by atoms with Crippen molar-refractivity contribution in [2.75, 3.05) is 12.3 Å². The number of carbonyl (C=O) groups excluding carboxylic acids is 1. The molecule has 0 heterocycles. The van der Waals surface area contributed by atoms with E-state index in [2.05, 4.69) is 5.32 Å². The standard InChI is InChI=1S/C15H20ClNO2S/c16-13-7-4-8-14(9-13)20(19)11-15(18)17-10-12-5-2-1-3-6-12/h4,7-9,12H,1-3,5-6,10-11H2,(H,17,18). The van der Waals surface area contributed by atoms with Gasteiger partial charge in [0.1, 0.15) is 5.75 Å². The van der Waals surface area contributed by atoms with Crippen molar-refractivity contribution in [2.45, 2.75) is 37.0 Å². The Hall–Kier alpha value is -0.870. The third-order valence-corrected chi connectivity index (χ3v) is 5.17. The first-order valence-electron chi connectivity index (χ1n) is 7.06. The minimum absolute atomic E-state index is 0.00701. The van der Waals surface area contributed by atoms with Gasteiger partial charge < -0.3 is 5.32 Å². The van der Waals surface area contributed by atoms with Gasteiger partial charge in [0.05, 0.1) is 10.8 Å². The van der Waals surface area contributed by atoms with Gasteiger partial charge in [-0.2, -0.15) is 0 Å².